The number of carbonyl (C=O) groups excluding carboxylic acids is 3. The largest absolute Gasteiger partial charge is 0.497 e. The van der Waals surface area contributed by atoms with Gasteiger partial charge in [-0.05, 0) is 36.4 Å². The lowest BCUT2D eigenvalue weighted by Crippen LogP contribution is -2.38. The Bertz CT molecular complexity index is 849. The first-order valence-corrected chi connectivity index (χ1v) is 7.97. The van der Waals surface area contributed by atoms with Crippen LogP contribution in [0, 0.1) is 0 Å². The van der Waals surface area contributed by atoms with Gasteiger partial charge in [0.25, 0.3) is 17.7 Å². The van der Waals surface area contributed by atoms with Gasteiger partial charge in [-0.2, -0.15) is 0 Å². The third-order valence-electron chi connectivity index (χ3n) is 3.92. The summed E-state index contributed by atoms with van der Waals surface area (Å²) in [6.45, 7) is 0.221. The van der Waals surface area contributed by atoms with Crippen molar-refractivity contribution in [3.8, 4) is 5.75 Å². The molecule has 3 rings (SSSR count). The molecule has 6 nitrogen and oxygen atoms in total. The maximum absolute atomic E-state index is 12.3. The van der Waals surface area contributed by atoms with Crippen LogP contribution in [0.4, 0.5) is 0 Å². The summed E-state index contributed by atoms with van der Waals surface area (Å²) >= 11 is 6.00. The lowest BCUT2D eigenvalue weighted by Gasteiger charge is -2.14. The Kier molecular flexibility index (Phi) is 4.72. The third-order valence-corrected chi connectivity index (χ3v) is 4.24. The highest BCUT2D eigenvalue weighted by Gasteiger charge is 2.36. The number of fused-ring (bicyclic) bond motifs is 1. The fourth-order valence-electron chi connectivity index (χ4n) is 2.62. The van der Waals surface area contributed by atoms with Gasteiger partial charge in [-0.25, -0.2) is 0 Å². The van der Waals surface area contributed by atoms with E-state index in [9.17, 15) is 14.4 Å². The molecule has 0 aliphatic carbocycles. The van der Waals surface area contributed by atoms with E-state index in [1.165, 1.54) is 0 Å². The molecule has 0 bridgehead atoms. The van der Waals surface area contributed by atoms with Crippen LogP contribution in [0.2, 0.25) is 5.02 Å². The smallest absolute Gasteiger partial charge is 0.263 e. The number of benzene rings is 2. The first-order valence-electron chi connectivity index (χ1n) is 7.60. The van der Waals surface area contributed by atoms with Crippen LogP contribution in [0.25, 0.3) is 0 Å². The summed E-state index contributed by atoms with van der Waals surface area (Å²) in [7, 11) is 1.55. The number of nitrogens with one attached hydrogen (secondary N) is 1. The predicted molar refractivity (Wildman–Crippen MR) is 92.1 cm³/mol. The third kappa shape index (κ3) is 3.21. The SMILES string of the molecule is COc1ccc(C(=O)NCCN2C(=O)c3cccc(Cl)c3C2=O)cc1. The van der Waals surface area contributed by atoms with Gasteiger partial charge in [0.2, 0.25) is 0 Å². The van der Waals surface area contributed by atoms with E-state index in [0.717, 1.165) is 4.90 Å². The first kappa shape index (κ1) is 17.0. The molecule has 0 atom stereocenters. The minimum atomic E-state index is -0.440. The first-order chi connectivity index (χ1) is 12.0. The highest BCUT2D eigenvalue weighted by atomic mass is 35.5. The Morgan fingerprint density at radius 2 is 1.84 bits per heavy atom. The standard InChI is InChI=1S/C18H15ClN2O4/c1-25-12-7-5-11(6-8-12)16(22)20-9-10-21-17(23)13-3-2-4-14(19)15(13)18(21)24/h2-8H,9-10H2,1H3,(H,20,22). The molecule has 25 heavy (non-hydrogen) atoms. The van der Waals surface area contributed by atoms with Gasteiger partial charge < -0.3 is 10.1 Å². The number of imide groups is 1. The van der Waals surface area contributed by atoms with Crippen LogP contribution in [-0.2, 0) is 0 Å². The van der Waals surface area contributed by atoms with E-state index in [1.807, 2.05) is 0 Å². The van der Waals surface area contributed by atoms with E-state index in [4.69, 9.17) is 16.3 Å². The molecule has 0 saturated carbocycles. The fraction of sp³-hybridized carbons (Fsp3) is 0.167. The van der Waals surface area contributed by atoms with Gasteiger partial charge in [0.05, 0.1) is 23.3 Å². The quantitative estimate of drug-likeness (QED) is 0.833. The van der Waals surface area contributed by atoms with E-state index in [0.29, 0.717) is 16.9 Å². The Morgan fingerprint density at radius 3 is 2.48 bits per heavy atom. The van der Waals surface area contributed by atoms with Gasteiger partial charge >= 0.3 is 0 Å². The molecule has 7 heteroatoms. The molecule has 1 heterocycles. The van der Waals surface area contributed by atoms with Crippen molar-refractivity contribution in [2.45, 2.75) is 0 Å². The molecule has 1 N–H and O–H groups in total. The van der Waals surface area contributed by atoms with Gasteiger partial charge in [-0.1, -0.05) is 17.7 Å². The van der Waals surface area contributed by atoms with Crippen LogP contribution in [0.15, 0.2) is 42.5 Å². The normalized spacial score (nSPS) is 13.0. The molecule has 2 aromatic carbocycles. The number of hydrogen-bond donors (Lipinski definition) is 1. The van der Waals surface area contributed by atoms with Crippen LogP contribution < -0.4 is 10.1 Å². The summed E-state index contributed by atoms with van der Waals surface area (Å²) < 4.78 is 5.04. The van der Waals surface area contributed by atoms with Crippen LogP contribution in [0.1, 0.15) is 31.1 Å². The predicted octanol–water partition coefficient (Wildman–Crippen LogP) is 2.37. The Balaban J connectivity index is 1.61. The number of carbonyl (C=O) groups is 3. The summed E-state index contributed by atoms with van der Waals surface area (Å²) in [5.74, 6) is -0.484. The highest BCUT2D eigenvalue weighted by molar-refractivity contribution is 6.37. The summed E-state index contributed by atoms with van der Waals surface area (Å²) in [5, 5.41) is 2.94. The molecule has 2 aromatic rings. The summed E-state index contributed by atoms with van der Waals surface area (Å²) in [6, 6.07) is 11.4. The van der Waals surface area contributed by atoms with E-state index < -0.39 is 11.8 Å². The number of hydrogen-bond acceptors (Lipinski definition) is 4. The lowest BCUT2D eigenvalue weighted by molar-refractivity contribution is 0.0650. The minimum Gasteiger partial charge on any atom is -0.497 e. The number of amides is 3. The van der Waals surface area contributed by atoms with Crippen molar-refractivity contribution < 1.29 is 19.1 Å². The van der Waals surface area contributed by atoms with Crippen molar-refractivity contribution >= 4 is 29.3 Å². The minimum absolute atomic E-state index is 0.0740. The van der Waals surface area contributed by atoms with Crippen LogP contribution >= 0.6 is 11.6 Å². The number of ether oxygens (including phenoxy) is 1. The molecule has 0 radical (unpaired) electrons. The molecule has 0 fully saturated rings. The van der Waals surface area contributed by atoms with E-state index in [2.05, 4.69) is 5.32 Å². The molecule has 0 aromatic heterocycles. The van der Waals surface area contributed by atoms with Crippen LogP contribution in [0.3, 0.4) is 0 Å². The maximum atomic E-state index is 12.3. The average molecular weight is 359 g/mol. The van der Waals surface area contributed by atoms with Crippen LogP contribution in [-0.4, -0.2) is 42.8 Å². The average Bonchev–Trinajstić information content (AvgIpc) is 2.87. The second-order valence-corrected chi connectivity index (χ2v) is 5.82. The zero-order valence-corrected chi connectivity index (χ0v) is 14.2. The number of halogens is 1. The molecular weight excluding hydrogens is 344 g/mol. The fourth-order valence-corrected chi connectivity index (χ4v) is 2.88. The molecule has 0 spiro atoms. The lowest BCUT2D eigenvalue weighted by atomic mass is 10.1. The molecule has 3 amide bonds. The summed E-state index contributed by atoms with van der Waals surface area (Å²) in [6.07, 6.45) is 0. The topological polar surface area (TPSA) is 75.7 Å². The summed E-state index contributed by atoms with van der Waals surface area (Å²) in [4.78, 5) is 37.8. The molecule has 128 valence electrons. The Morgan fingerprint density at radius 1 is 1.12 bits per heavy atom. The van der Waals surface area contributed by atoms with E-state index in [1.54, 1.807) is 49.6 Å². The molecule has 1 aliphatic rings. The number of nitrogens with zero attached hydrogens (tertiary/aromatic N) is 1. The van der Waals surface area contributed by atoms with Crippen molar-refractivity contribution in [1.29, 1.82) is 0 Å². The van der Waals surface area contributed by atoms with Crippen LogP contribution in [0.5, 0.6) is 5.75 Å². The summed E-state index contributed by atoms with van der Waals surface area (Å²) in [5.41, 5.74) is 0.973. The van der Waals surface area contributed by atoms with Gasteiger partial charge in [0, 0.05) is 18.7 Å². The zero-order chi connectivity index (χ0) is 18.0. The molecule has 1 aliphatic heterocycles. The van der Waals surface area contributed by atoms with Gasteiger partial charge in [0.15, 0.2) is 0 Å². The second kappa shape index (κ2) is 6.94. The van der Waals surface area contributed by atoms with Crippen molar-refractivity contribution in [3.05, 3.63) is 64.2 Å². The van der Waals surface area contributed by atoms with E-state index >= 15 is 0 Å². The number of methoxy groups -OCH3 is 1. The van der Waals surface area contributed by atoms with Gasteiger partial charge in [0.1, 0.15) is 5.75 Å². The zero-order valence-electron chi connectivity index (χ0n) is 13.4. The Hall–Kier alpha value is -2.86. The van der Waals surface area contributed by atoms with Crippen molar-refractivity contribution in [3.63, 3.8) is 0 Å². The van der Waals surface area contributed by atoms with Crippen molar-refractivity contribution in [1.82, 2.24) is 10.2 Å². The maximum Gasteiger partial charge on any atom is 0.263 e. The second-order valence-electron chi connectivity index (χ2n) is 5.41. The Labute approximate surface area is 149 Å². The van der Waals surface area contributed by atoms with Crippen molar-refractivity contribution in [2.24, 2.45) is 0 Å². The van der Waals surface area contributed by atoms with Gasteiger partial charge in [-0.3, -0.25) is 19.3 Å². The highest BCUT2D eigenvalue weighted by Crippen LogP contribution is 2.28. The molecule has 0 unspecified atom stereocenters. The van der Waals surface area contributed by atoms with E-state index in [-0.39, 0.29) is 29.6 Å². The molecule has 0 saturated heterocycles. The van der Waals surface area contributed by atoms with Gasteiger partial charge in [-0.15, -0.1) is 0 Å². The monoisotopic (exact) mass is 358 g/mol. The number of rotatable bonds is 5. The van der Waals surface area contributed by atoms with Crippen molar-refractivity contribution in [2.75, 3.05) is 20.2 Å². The molecular formula is C18H15ClN2O4.